The average Bonchev–Trinajstić information content (AvgIpc) is 2.33. The second-order valence-electron chi connectivity index (χ2n) is 3.54. The summed E-state index contributed by atoms with van der Waals surface area (Å²) in [4.78, 5) is 11.5. The Bertz CT molecular complexity index is 208. The van der Waals surface area contributed by atoms with E-state index in [2.05, 4.69) is 4.74 Å². The van der Waals surface area contributed by atoms with Gasteiger partial charge in [0.1, 0.15) is 0 Å². The maximum absolute atomic E-state index is 11.5. The third kappa shape index (κ3) is 6.58. The molecule has 0 radical (unpaired) electrons. The topological polar surface area (TPSA) is 74.2 Å². The summed E-state index contributed by atoms with van der Waals surface area (Å²) < 4.78 is 20.3. The van der Waals surface area contributed by atoms with E-state index in [1.165, 1.54) is 7.11 Å². The molecular weight excluding hydrogens is 228 g/mol. The monoisotopic (exact) mass is 250 g/mol. The lowest BCUT2D eigenvalue weighted by Crippen LogP contribution is -2.44. The Balaban J connectivity index is 3.88. The number of rotatable bonds is 10. The van der Waals surface area contributed by atoms with Crippen molar-refractivity contribution in [3.63, 3.8) is 0 Å². The normalized spacial score (nSPS) is 14.4. The van der Waals surface area contributed by atoms with E-state index in [9.17, 15) is 4.79 Å². The number of hydrogen-bond acceptors (Lipinski definition) is 6. The van der Waals surface area contributed by atoms with Crippen molar-refractivity contribution >= 4 is 5.97 Å². The second-order valence-corrected chi connectivity index (χ2v) is 3.54. The van der Waals surface area contributed by atoms with Crippen molar-refractivity contribution in [3.8, 4) is 0 Å². The van der Waals surface area contributed by atoms with Crippen LogP contribution in [0.2, 0.25) is 0 Å². The van der Waals surface area contributed by atoms with Crippen molar-refractivity contribution in [2.75, 3.05) is 46.8 Å². The van der Waals surface area contributed by atoms with E-state index in [1.807, 2.05) is 0 Å². The van der Waals surface area contributed by atoms with Crippen molar-refractivity contribution in [1.82, 2.24) is 0 Å². The molecule has 0 aromatic heterocycles. The molecule has 1 N–H and O–H groups in total. The highest BCUT2D eigenvalue weighted by atomic mass is 16.6. The van der Waals surface area contributed by atoms with Gasteiger partial charge in [0.05, 0.1) is 40.1 Å². The molecule has 0 rings (SSSR count). The van der Waals surface area contributed by atoms with E-state index in [1.54, 1.807) is 13.8 Å². The van der Waals surface area contributed by atoms with Gasteiger partial charge in [0.25, 0.3) is 0 Å². The Morgan fingerprint density at radius 3 is 2.41 bits per heavy atom. The largest absolute Gasteiger partial charge is 0.467 e. The van der Waals surface area contributed by atoms with E-state index in [4.69, 9.17) is 19.3 Å². The van der Waals surface area contributed by atoms with Gasteiger partial charge in [-0.3, -0.25) is 0 Å². The first kappa shape index (κ1) is 16.3. The van der Waals surface area contributed by atoms with Crippen LogP contribution in [-0.4, -0.2) is 63.4 Å². The number of methoxy groups -OCH3 is 1. The first-order valence-electron chi connectivity index (χ1n) is 5.59. The third-order valence-electron chi connectivity index (χ3n) is 2.07. The van der Waals surface area contributed by atoms with E-state index in [0.717, 1.165) is 0 Å². The second kappa shape index (κ2) is 9.35. The van der Waals surface area contributed by atoms with Crippen LogP contribution in [-0.2, 0) is 23.7 Å². The molecule has 0 aromatic carbocycles. The number of aliphatic hydroxyl groups is 1. The predicted octanol–water partition coefficient (Wildman–Crippen LogP) is -0.0199. The number of carbonyl (C=O) groups is 1. The van der Waals surface area contributed by atoms with E-state index < -0.39 is 11.6 Å². The molecular formula is C11H22O6. The summed E-state index contributed by atoms with van der Waals surface area (Å²) in [6, 6.07) is 0. The Kier molecular flexibility index (Phi) is 8.97. The van der Waals surface area contributed by atoms with Gasteiger partial charge < -0.3 is 24.1 Å². The zero-order valence-corrected chi connectivity index (χ0v) is 10.7. The molecule has 0 saturated heterocycles. The van der Waals surface area contributed by atoms with E-state index in [0.29, 0.717) is 19.8 Å². The highest BCUT2D eigenvalue weighted by Gasteiger charge is 2.35. The Labute approximate surface area is 102 Å². The molecule has 0 aliphatic rings. The Morgan fingerprint density at radius 2 is 1.88 bits per heavy atom. The van der Waals surface area contributed by atoms with Crippen molar-refractivity contribution in [2.45, 2.75) is 19.4 Å². The summed E-state index contributed by atoms with van der Waals surface area (Å²) in [5, 5.41) is 8.48. The molecule has 17 heavy (non-hydrogen) atoms. The fraction of sp³-hybridized carbons (Fsp3) is 0.909. The van der Waals surface area contributed by atoms with Gasteiger partial charge in [-0.15, -0.1) is 0 Å². The van der Waals surface area contributed by atoms with Crippen molar-refractivity contribution < 1.29 is 28.8 Å². The van der Waals surface area contributed by atoms with Crippen LogP contribution in [0.25, 0.3) is 0 Å². The molecule has 0 heterocycles. The highest BCUT2D eigenvalue weighted by molar-refractivity contribution is 5.79. The Morgan fingerprint density at radius 1 is 1.24 bits per heavy atom. The van der Waals surface area contributed by atoms with Crippen LogP contribution in [0.3, 0.4) is 0 Å². The van der Waals surface area contributed by atoms with Crippen LogP contribution in [0.1, 0.15) is 13.8 Å². The quantitative estimate of drug-likeness (QED) is 0.434. The van der Waals surface area contributed by atoms with Crippen molar-refractivity contribution in [1.29, 1.82) is 0 Å². The molecule has 0 aliphatic carbocycles. The summed E-state index contributed by atoms with van der Waals surface area (Å²) in [5.41, 5.74) is -1.08. The fourth-order valence-electron chi connectivity index (χ4n) is 1.25. The molecule has 6 nitrogen and oxygen atoms in total. The molecule has 0 amide bonds. The number of carbonyl (C=O) groups excluding carboxylic acids is 1. The van der Waals surface area contributed by atoms with Gasteiger partial charge in [0.15, 0.2) is 5.60 Å². The molecule has 0 saturated carbocycles. The van der Waals surface area contributed by atoms with Gasteiger partial charge in [-0.05, 0) is 13.8 Å². The summed E-state index contributed by atoms with van der Waals surface area (Å²) >= 11 is 0. The zero-order chi connectivity index (χ0) is 13.1. The van der Waals surface area contributed by atoms with Crippen LogP contribution in [0, 0.1) is 0 Å². The SMILES string of the molecule is CCOC(C)(COCCOCCO)C(=O)OC. The predicted molar refractivity (Wildman–Crippen MR) is 60.8 cm³/mol. The summed E-state index contributed by atoms with van der Waals surface area (Å²) in [7, 11) is 1.31. The van der Waals surface area contributed by atoms with Gasteiger partial charge >= 0.3 is 5.97 Å². The number of aliphatic hydroxyl groups excluding tert-OH is 1. The van der Waals surface area contributed by atoms with Crippen LogP contribution in [0.15, 0.2) is 0 Å². The van der Waals surface area contributed by atoms with Crippen LogP contribution >= 0.6 is 0 Å². The number of ether oxygens (including phenoxy) is 4. The molecule has 0 spiro atoms. The molecule has 0 aromatic rings. The molecule has 6 heteroatoms. The maximum atomic E-state index is 11.5. The van der Waals surface area contributed by atoms with Gasteiger partial charge in [-0.25, -0.2) is 4.79 Å². The minimum Gasteiger partial charge on any atom is -0.467 e. The number of esters is 1. The third-order valence-corrected chi connectivity index (χ3v) is 2.07. The summed E-state index contributed by atoms with van der Waals surface area (Å²) in [6.45, 7) is 4.89. The first-order valence-corrected chi connectivity index (χ1v) is 5.59. The lowest BCUT2D eigenvalue weighted by atomic mass is 10.1. The first-order chi connectivity index (χ1) is 8.10. The van der Waals surface area contributed by atoms with Crippen LogP contribution < -0.4 is 0 Å². The minimum atomic E-state index is -1.08. The molecule has 1 unspecified atom stereocenters. The number of hydrogen-bond donors (Lipinski definition) is 1. The van der Waals surface area contributed by atoms with E-state index >= 15 is 0 Å². The maximum Gasteiger partial charge on any atom is 0.340 e. The molecule has 1 atom stereocenters. The standard InChI is InChI=1S/C11H22O6/c1-4-17-11(2,10(13)14-3)9-16-8-7-15-6-5-12/h12H,4-9H2,1-3H3. The van der Waals surface area contributed by atoms with Crippen molar-refractivity contribution in [3.05, 3.63) is 0 Å². The van der Waals surface area contributed by atoms with Gasteiger partial charge in [-0.2, -0.15) is 0 Å². The van der Waals surface area contributed by atoms with E-state index in [-0.39, 0.29) is 19.8 Å². The summed E-state index contributed by atoms with van der Waals surface area (Å²) in [5.74, 6) is -0.462. The smallest absolute Gasteiger partial charge is 0.340 e. The molecule has 0 fully saturated rings. The van der Waals surface area contributed by atoms with Crippen LogP contribution in [0.5, 0.6) is 0 Å². The molecule has 102 valence electrons. The zero-order valence-electron chi connectivity index (χ0n) is 10.7. The average molecular weight is 250 g/mol. The van der Waals surface area contributed by atoms with Crippen molar-refractivity contribution in [2.24, 2.45) is 0 Å². The van der Waals surface area contributed by atoms with Crippen LogP contribution in [0.4, 0.5) is 0 Å². The van der Waals surface area contributed by atoms with Gasteiger partial charge in [0.2, 0.25) is 0 Å². The summed E-state index contributed by atoms with van der Waals surface area (Å²) in [6.07, 6.45) is 0. The highest BCUT2D eigenvalue weighted by Crippen LogP contribution is 2.13. The molecule has 0 bridgehead atoms. The fourth-order valence-corrected chi connectivity index (χ4v) is 1.25. The lowest BCUT2D eigenvalue weighted by molar-refractivity contribution is -0.175. The lowest BCUT2D eigenvalue weighted by Gasteiger charge is -2.26. The molecule has 0 aliphatic heterocycles. The van der Waals surface area contributed by atoms with Gasteiger partial charge in [-0.1, -0.05) is 0 Å². The minimum absolute atomic E-state index is 0.0151. The van der Waals surface area contributed by atoms with Gasteiger partial charge in [0, 0.05) is 6.61 Å². The Hall–Kier alpha value is -0.690.